The van der Waals surface area contributed by atoms with Gasteiger partial charge in [-0.05, 0) is 0 Å². The van der Waals surface area contributed by atoms with Gasteiger partial charge in [-0.3, -0.25) is 9.59 Å². The van der Waals surface area contributed by atoms with Crippen molar-refractivity contribution >= 4 is 11.9 Å². The van der Waals surface area contributed by atoms with E-state index < -0.39 is 11.9 Å². The summed E-state index contributed by atoms with van der Waals surface area (Å²) in [6.07, 6.45) is -0.00666. The Bertz CT molecular complexity index is 277. The van der Waals surface area contributed by atoms with E-state index in [1.54, 1.807) is 0 Å². The van der Waals surface area contributed by atoms with E-state index in [0.29, 0.717) is 52.9 Å². The van der Waals surface area contributed by atoms with Crippen LogP contribution in [-0.2, 0) is 38.0 Å². The first kappa shape index (κ1) is 18.8. The summed E-state index contributed by atoms with van der Waals surface area (Å²) in [5, 5.41) is 0. The molecule has 0 N–H and O–H groups in total. The van der Waals surface area contributed by atoms with Crippen LogP contribution in [0.25, 0.3) is 0 Å². The van der Waals surface area contributed by atoms with Crippen LogP contribution in [0.5, 0.6) is 0 Å². The molecule has 0 saturated carbocycles. The Morgan fingerprint density at radius 2 is 0.727 bits per heavy atom. The Morgan fingerprint density at radius 3 is 1.05 bits per heavy atom. The molecule has 0 spiro atoms. The quantitative estimate of drug-likeness (QED) is 0.573. The topological polar surface area (TPSA) is 89.5 Å². The lowest BCUT2D eigenvalue weighted by Crippen LogP contribution is -2.17. The molecular formula is C14H24O8. The number of hydrogen-bond acceptors (Lipinski definition) is 8. The van der Waals surface area contributed by atoms with Gasteiger partial charge < -0.3 is 28.4 Å². The number of esters is 2. The summed E-state index contributed by atoms with van der Waals surface area (Å²) in [6.45, 7) is 3.64. The van der Waals surface area contributed by atoms with Crippen molar-refractivity contribution in [2.45, 2.75) is 12.8 Å². The lowest BCUT2D eigenvalue weighted by Gasteiger charge is -2.09. The zero-order valence-electron chi connectivity index (χ0n) is 12.8. The van der Waals surface area contributed by atoms with Gasteiger partial charge in [0.05, 0.1) is 65.7 Å². The Hall–Kier alpha value is -1.22. The fourth-order valence-electron chi connectivity index (χ4n) is 1.54. The highest BCUT2D eigenvalue weighted by molar-refractivity contribution is 5.77. The van der Waals surface area contributed by atoms with Gasteiger partial charge in [0, 0.05) is 0 Å². The minimum atomic E-state index is -0.445. The first-order chi connectivity index (χ1) is 10.8. The molecule has 0 unspecified atom stereocenters. The Morgan fingerprint density at radius 1 is 0.455 bits per heavy atom. The second-order valence-electron chi connectivity index (χ2n) is 4.39. The maximum atomic E-state index is 11.4. The lowest BCUT2D eigenvalue weighted by molar-refractivity contribution is -0.152. The van der Waals surface area contributed by atoms with Crippen molar-refractivity contribution in [2.24, 2.45) is 0 Å². The molecular weight excluding hydrogens is 296 g/mol. The number of carbonyl (C=O) groups excluding carboxylic acids is 2. The van der Waals surface area contributed by atoms with Crippen molar-refractivity contribution < 1.29 is 38.0 Å². The molecule has 1 rings (SSSR count). The Kier molecular flexibility index (Phi) is 11.5. The molecule has 0 aromatic carbocycles. The third kappa shape index (κ3) is 11.4. The Balaban J connectivity index is 2.19. The molecule has 1 aliphatic rings. The van der Waals surface area contributed by atoms with Crippen LogP contribution in [0.2, 0.25) is 0 Å². The predicted octanol–water partition coefficient (Wildman–Crippen LogP) is -0.0670. The van der Waals surface area contributed by atoms with Gasteiger partial charge in [-0.25, -0.2) is 0 Å². The summed E-state index contributed by atoms with van der Waals surface area (Å²) in [5.41, 5.74) is 0. The molecule has 0 radical (unpaired) electrons. The van der Waals surface area contributed by atoms with Crippen LogP contribution >= 0.6 is 0 Å². The third-order valence-electron chi connectivity index (χ3n) is 2.63. The van der Waals surface area contributed by atoms with Crippen LogP contribution in [0.1, 0.15) is 12.8 Å². The molecule has 0 aromatic heterocycles. The molecule has 0 atom stereocenters. The monoisotopic (exact) mass is 320 g/mol. The number of carbonyl (C=O) groups is 2. The molecule has 1 fully saturated rings. The van der Waals surface area contributed by atoms with Gasteiger partial charge >= 0.3 is 11.9 Å². The van der Waals surface area contributed by atoms with Crippen LogP contribution in [0.4, 0.5) is 0 Å². The second-order valence-corrected chi connectivity index (χ2v) is 4.39. The fraction of sp³-hybridized carbons (Fsp3) is 0.857. The highest BCUT2D eigenvalue weighted by atomic mass is 16.6. The maximum Gasteiger partial charge on any atom is 0.306 e. The van der Waals surface area contributed by atoms with Crippen molar-refractivity contribution in [1.29, 1.82) is 0 Å². The van der Waals surface area contributed by atoms with Gasteiger partial charge in [0.2, 0.25) is 0 Å². The van der Waals surface area contributed by atoms with Crippen molar-refractivity contribution in [3.63, 3.8) is 0 Å². The average molecular weight is 320 g/mol. The lowest BCUT2D eigenvalue weighted by atomic mass is 10.3. The van der Waals surface area contributed by atoms with Gasteiger partial charge in [-0.1, -0.05) is 0 Å². The van der Waals surface area contributed by atoms with Gasteiger partial charge in [-0.2, -0.15) is 0 Å². The summed E-state index contributed by atoms with van der Waals surface area (Å²) in [6, 6.07) is 0. The number of hydrogen-bond donors (Lipinski definition) is 0. The van der Waals surface area contributed by atoms with Gasteiger partial charge in [0.25, 0.3) is 0 Å². The van der Waals surface area contributed by atoms with Crippen LogP contribution in [-0.4, -0.2) is 78.0 Å². The standard InChI is InChI=1S/C14H24O8/c15-13-1-2-14(16)22-12-10-20-8-6-18-4-3-17-5-7-19-9-11-21-13/h1-12H2. The highest BCUT2D eigenvalue weighted by Gasteiger charge is 2.09. The van der Waals surface area contributed by atoms with E-state index in [0.717, 1.165) is 0 Å². The molecule has 0 aromatic rings. The zero-order chi connectivity index (χ0) is 15.9. The first-order valence-electron chi connectivity index (χ1n) is 7.41. The van der Waals surface area contributed by atoms with Crippen LogP contribution in [0.3, 0.4) is 0 Å². The molecule has 0 aliphatic carbocycles. The maximum absolute atomic E-state index is 11.4. The van der Waals surface area contributed by atoms with Crippen molar-refractivity contribution in [3.05, 3.63) is 0 Å². The first-order valence-corrected chi connectivity index (χ1v) is 7.41. The molecule has 0 bridgehead atoms. The van der Waals surface area contributed by atoms with E-state index in [-0.39, 0.29) is 26.1 Å². The summed E-state index contributed by atoms with van der Waals surface area (Å²) in [4.78, 5) is 22.7. The number of rotatable bonds is 0. The van der Waals surface area contributed by atoms with Crippen molar-refractivity contribution in [3.8, 4) is 0 Å². The van der Waals surface area contributed by atoms with Crippen molar-refractivity contribution in [2.75, 3.05) is 66.1 Å². The van der Waals surface area contributed by atoms with E-state index in [1.807, 2.05) is 0 Å². The number of cyclic esters (lactones) is 2. The predicted molar refractivity (Wildman–Crippen MR) is 74.4 cm³/mol. The smallest absolute Gasteiger partial charge is 0.306 e. The number of ether oxygens (including phenoxy) is 6. The van der Waals surface area contributed by atoms with E-state index in [4.69, 9.17) is 28.4 Å². The minimum Gasteiger partial charge on any atom is -0.463 e. The zero-order valence-corrected chi connectivity index (χ0v) is 12.8. The van der Waals surface area contributed by atoms with Gasteiger partial charge in [0.1, 0.15) is 13.2 Å². The minimum absolute atomic E-state index is 0.00333. The highest BCUT2D eigenvalue weighted by Crippen LogP contribution is 1.96. The van der Waals surface area contributed by atoms with Crippen molar-refractivity contribution in [1.82, 2.24) is 0 Å². The molecule has 8 heteroatoms. The second kappa shape index (κ2) is 13.4. The average Bonchev–Trinajstić information content (AvgIpc) is 2.51. The molecule has 0 amide bonds. The largest absolute Gasteiger partial charge is 0.463 e. The van der Waals surface area contributed by atoms with Crippen LogP contribution in [0.15, 0.2) is 0 Å². The molecule has 128 valence electrons. The van der Waals surface area contributed by atoms with Crippen LogP contribution < -0.4 is 0 Å². The van der Waals surface area contributed by atoms with E-state index in [9.17, 15) is 9.59 Å². The third-order valence-corrected chi connectivity index (χ3v) is 2.63. The molecule has 1 heterocycles. The van der Waals surface area contributed by atoms with Gasteiger partial charge in [-0.15, -0.1) is 0 Å². The molecule has 8 nitrogen and oxygen atoms in total. The van der Waals surface area contributed by atoms with Crippen LogP contribution in [0, 0.1) is 0 Å². The Labute approximate surface area is 129 Å². The summed E-state index contributed by atoms with van der Waals surface area (Å²) in [7, 11) is 0. The summed E-state index contributed by atoms with van der Waals surface area (Å²) < 4.78 is 30.9. The molecule has 1 saturated heterocycles. The van der Waals surface area contributed by atoms with E-state index >= 15 is 0 Å². The molecule has 1 aliphatic heterocycles. The fourth-order valence-corrected chi connectivity index (χ4v) is 1.54. The molecule has 22 heavy (non-hydrogen) atoms. The SMILES string of the molecule is O=C1CCC(=O)OCCOCCOCCOCCOCCO1. The summed E-state index contributed by atoms with van der Waals surface area (Å²) in [5.74, 6) is -0.890. The van der Waals surface area contributed by atoms with Gasteiger partial charge in [0.15, 0.2) is 0 Å². The van der Waals surface area contributed by atoms with E-state index in [1.165, 1.54) is 0 Å². The summed E-state index contributed by atoms with van der Waals surface area (Å²) >= 11 is 0. The van der Waals surface area contributed by atoms with E-state index in [2.05, 4.69) is 0 Å². The normalized spacial score (nSPS) is 22.4.